The molecular weight excluding hydrogens is 290 g/mol. The minimum atomic E-state index is 0.395. The first-order chi connectivity index (χ1) is 11.2. The van der Waals surface area contributed by atoms with Crippen molar-refractivity contribution in [2.75, 3.05) is 23.7 Å². The molecule has 0 aliphatic carbocycles. The van der Waals surface area contributed by atoms with Crippen LogP contribution in [0.1, 0.15) is 19.8 Å². The van der Waals surface area contributed by atoms with Crippen molar-refractivity contribution in [2.45, 2.75) is 25.8 Å². The number of hydrogen-bond donors (Lipinski definition) is 3. The van der Waals surface area contributed by atoms with Crippen LogP contribution in [0.5, 0.6) is 0 Å². The van der Waals surface area contributed by atoms with Gasteiger partial charge in [0.05, 0.1) is 11.6 Å². The summed E-state index contributed by atoms with van der Waals surface area (Å²) in [4.78, 5) is 15.3. The molecular formula is C16H21N7. The van der Waals surface area contributed by atoms with Crippen molar-refractivity contribution in [1.82, 2.24) is 25.8 Å². The fourth-order valence-electron chi connectivity index (χ4n) is 3.55. The molecule has 0 aromatic carbocycles. The van der Waals surface area contributed by atoms with E-state index in [1.165, 1.54) is 18.3 Å². The number of nitrogens with zero attached hydrogens (tertiary/aromatic N) is 4. The van der Waals surface area contributed by atoms with Crippen molar-refractivity contribution in [1.29, 1.82) is 0 Å². The zero-order chi connectivity index (χ0) is 15.8. The molecule has 2 unspecified atom stereocenters. The maximum Gasteiger partial charge on any atom is 0.153 e. The molecule has 4 N–H and O–H groups in total. The van der Waals surface area contributed by atoms with Crippen molar-refractivity contribution < 1.29 is 0 Å². The molecule has 0 amide bonds. The molecule has 2 atom stereocenters. The highest BCUT2D eigenvalue weighted by Crippen LogP contribution is 2.28. The Kier molecular flexibility index (Phi) is 3.49. The third-order valence-corrected chi connectivity index (χ3v) is 4.78. The number of nitrogens with two attached hydrogens (primary N) is 1. The molecule has 1 saturated heterocycles. The van der Waals surface area contributed by atoms with Gasteiger partial charge in [0.15, 0.2) is 5.82 Å². The molecule has 0 radical (unpaired) electrons. The standard InChI is InChI=1S/C16H21N7/c1-10-7-20-22-14(10)11-3-2-6-23(8-11)13-5-4-12-15(21-13)16(17)19-9-18-12/h4-5,7,9,11,14,20,22H,2-3,6,8H2,1H3,(H2,17,18,19). The normalized spacial score (nSPS) is 24.6. The van der Waals surface area contributed by atoms with Crippen LogP contribution in [0.3, 0.4) is 0 Å². The first-order valence-electron chi connectivity index (χ1n) is 8.02. The van der Waals surface area contributed by atoms with Gasteiger partial charge in [-0.15, -0.1) is 0 Å². The van der Waals surface area contributed by atoms with E-state index in [4.69, 9.17) is 10.7 Å². The quantitative estimate of drug-likeness (QED) is 0.767. The van der Waals surface area contributed by atoms with Crippen LogP contribution < -0.4 is 21.5 Å². The first kappa shape index (κ1) is 14.2. The van der Waals surface area contributed by atoms with Gasteiger partial charge in [0.25, 0.3) is 0 Å². The zero-order valence-corrected chi connectivity index (χ0v) is 13.2. The number of pyridine rings is 1. The summed E-state index contributed by atoms with van der Waals surface area (Å²) in [6.45, 7) is 4.17. The lowest BCUT2D eigenvalue weighted by molar-refractivity contribution is 0.334. The van der Waals surface area contributed by atoms with E-state index < -0.39 is 0 Å². The highest BCUT2D eigenvalue weighted by molar-refractivity contribution is 5.84. The van der Waals surface area contributed by atoms with Crippen molar-refractivity contribution in [2.24, 2.45) is 5.92 Å². The minimum Gasteiger partial charge on any atom is -0.382 e. The molecule has 0 saturated carbocycles. The Bertz CT molecular complexity index is 757. The maximum absolute atomic E-state index is 5.94. The molecule has 2 aliphatic heterocycles. The maximum atomic E-state index is 5.94. The van der Waals surface area contributed by atoms with Crippen LogP contribution in [0.15, 0.2) is 30.2 Å². The molecule has 23 heavy (non-hydrogen) atoms. The third-order valence-electron chi connectivity index (χ3n) is 4.78. The Hall–Kier alpha value is -2.41. The first-order valence-corrected chi connectivity index (χ1v) is 8.02. The minimum absolute atomic E-state index is 0.395. The number of rotatable bonds is 2. The molecule has 2 aliphatic rings. The summed E-state index contributed by atoms with van der Waals surface area (Å²) >= 11 is 0. The van der Waals surface area contributed by atoms with Crippen molar-refractivity contribution >= 4 is 22.7 Å². The Morgan fingerprint density at radius 3 is 3.04 bits per heavy atom. The molecule has 4 heterocycles. The lowest BCUT2D eigenvalue weighted by atomic mass is 9.88. The topological polar surface area (TPSA) is 92.0 Å². The Labute approximate surface area is 135 Å². The lowest BCUT2D eigenvalue weighted by Crippen LogP contribution is -2.46. The Morgan fingerprint density at radius 1 is 1.30 bits per heavy atom. The summed E-state index contributed by atoms with van der Waals surface area (Å²) in [5.41, 5.74) is 15.3. The third kappa shape index (κ3) is 2.57. The highest BCUT2D eigenvalue weighted by atomic mass is 15.4. The summed E-state index contributed by atoms with van der Waals surface area (Å²) in [5.74, 6) is 1.96. The van der Waals surface area contributed by atoms with Crippen LogP contribution in [0.4, 0.5) is 11.6 Å². The van der Waals surface area contributed by atoms with E-state index in [-0.39, 0.29) is 0 Å². The zero-order valence-electron chi connectivity index (χ0n) is 13.2. The van der Waals surface area contributed by atoms with E-state index in [9.17, 15) is 0 Å². The fraction of sp³-hybridized carbons (Fsp3) is 0.438. The molecule has 7 nitrogen and oxygen atoms in total. The summed E-state index contributed by atoms with van der Waals surface area (Å²) in [6, 6.07) is 4.40. The van der Waals surface area contributed by atoms with E-state index in [2.05, 4.69) is 38.8 Å². The van der Waals surface area contributed by atoms with E-state index in [0.717, 1.165) is 30.8 Å². The van der Waals surface area contributed by atoms with Gasteiger partial charge in [0, 0.05) is 19.3 Å². The predicted octanol–water partition coefficient (Wildman–Crippen LogP) is 1.20. The summed E-state index contributed by atoms with van der Waals surface area (Å²) < 4.78 is 0. The van der Waals surface area contributed by atoms with E-state index in [1.54, 1.807) is 0 Å². The van der Waals surface area contributed by atoms with Crippen LogP contribution in [-0.4, -0.2) is 34.1 Å². The number of piperidine rings is 1. The van der Waals surface area contributed by atoms with Crippen LogP contribution in [0.25, 0.3) is 11.0 Å². The van der Waals surface area contributed by atoms with Crippen LogP contribution in [-0.2, 0) is 0 Å². The molecule has 2 aromatic heterocycles. The van der Waals surface area contributed by atoms with Gasteiger partial charge >= 0.3 is 0 Å². The van der Waals surface area contributed by atoms with Crippen LogP contribution >= 0.6 is 0 Å². The van der Waals surface area contributed by atoms with E-state index >= 15 is 0 Å². The monoisotopic (exact) mass is 311 g/mol. The molecule has 0 bridgehead atoms. The summed E-state index contributed by atoms with van der Waals surface area (Å²) in [5, 5.41) is 0. The summed E-state index contributed by atoms with van der Waals surface area (Å²) in [7, 11) is 0. The van der Waals surface area contributed by atoms with Crippen LogP contribution in [0.2, 0.25) is 0 Å². The second-order valence-corrected chi connectivity index (χ2v) is 6.30. The molecule has 0 spiro atoms. The van der Waals surface area contributed by atoms with Gasteiger partial charge in [-0.25, -0.2) is 20.4 Å². The van der Waals surface area contributed by atoms with Gasteiger partial charge in [-0.2, -0.15) is 0 Å². The SMILES string of the molecule is CC1=CNNC1C1CCCN(c2ccc3ncnc(N)c3n2)C1. The van der Waals surface area contributed by atoms with E-state index in [1.807, 2.05) is 12.1 Å². The Balaban J connectivity index is 1.60. The number of nitrogen functional groups attached to an aromatic ring is 1. The van der Waals surface area contributed by atoms with Gasteiger partial charge in [0.1, 0.15) is 17.7 Å². The van der Waals surface area contributed by atoms with Gasteiger partial charge < -0.3 is 16.1 Å². The smallest absolute Gasteiger partial charge is 0.153 e. The number of fused-ring (bicyclic) bond motifs is 1. The Morgan fingerprint density at radius 2 is 2.22 bits per heavy atom. The van der Waals surface area contributed by atoms with Gasteiger partial charge in [-0.3, -0.25) is 0 Å². The second-order valence-electron chi connectivity index (χ2n) is 6.30. The van der Waals surface area contributed by atoms with Gasteiger partial charge in [0.2, 0.25) is 0 Å². The number of hydrazine groups is 1. The van der Waals surface area contributed by atoms with E-state index in [0.29, 0.717) is 23.3 Å². The number of hydrogen-bond acceptors (Lipinski definition) is 7. The predicted molar refractivity (Wildman–Crippen MR) is 90.5 cm³/mol. The average molecular weight is 311 g/mol. The fourth-order valence-corrected chi connectivity index (χ4v) is 3.55. The van der Waals surface area contributed by atoms with Gasteiger partial charge in [-0.1, -0.05) is 0 Å². The second kappa shape index (κ2) is 5.66. The van der Waals surface area contributed by atoms with Crippen molar-refractivity contribution in [3.63, 3.8) is 0 Å². The number of anilines is 2. The molecule has 1 fully saturated rings. The average Bonchev–Trinajstić information content (AvgIpc) is 3.01. The van der Waals surface area contributed by atoms with Crippen molar-refractivity contribution in [3.8, 4) is 0 Å². The van der Waals surface area contributed by atoms with Gasteiger partial charge in [-0.05, 0) is 43.4 Å². The lowest BCUT2D eigenvalue weighted by Gasteiger charge is -2.36. The highest BCUT2D eigenvalue weighted by Gasteiger charge is 2.30. The summed E-state index contributed by atoms with van der Waals surface area (Å²) in [6.07, 6.45) is 5.91. The number of nitrogens with one attached hydrogen (secondary N) is 2. The largest absolute Gasteiger partial charge is 0.382 e. The van der Waals surface area contributed by atoms with Crippen molar-refractivity contribution in [3.05, 3.63) is 30.2 Å². The molecule has 7 heteroatoms. The molecule has 2 aromatic rings. The molecule has 120 valence electrons. The van der Waals surface area contributed by atoms with Crippen LogP contribution in [0, 0.1) is 5.92 Å². The molecule has 4 rings (SSSR count). The number of aromatic nitrogens is 3.